The van der Waals surface area contributed by atoms with Crippen molar-refractivity contribution < 1.29 is 4.79 Å². The van der Waals surface area contributed by atoms with E-state index in [0.29, 0.717) is 5.78 Å². The van der Waals surface area contributed by atoms with Crippen molar-refractivity contribution in [2.75, 3.05) is 0 Å². The maximum absolute atomic E-state index is 12.3. The Labute approximate surface area is 103 Å². The van der Waals surface area contributed by atoms with Crippen molar-refractivity contribution in [3.8, 4) is 0 Å². The van der Waals surface area contributed by atoms with Crippen molar-refractivity contribution in [2.45, 2.75) is 43.9 Å². The molecule has 1 aromatic rings. The molecule has 1 saturated carbocycles. The first kappa shape index (κ1) is 11.7. The van der Waals surface area contributed by atoms with Crippen LogP contribution in [0.3, 0.4) is 0 Å². The fourth-order valence-electron chi connectivity index (χ4n) is 2.43. The van der Waals surface area contributed by atoms with Crippen LogP contribution in [0.15, 0.2) is 23.1 Å². The molecule has 1 nitrogen and oxygen atoms in total. The lowest BCUT2D eigenvalue weighted by Gasteiger charge is -2.20. The quantitative estimate of drug-likeness (QED) is 0.603. The zero-order valence-corrected chi connectivity index (χ0v) is 10.6. The van der Waals surface area contributed by atoms with E-state index in [1.165, 1.54) is 19.3 Å². The van der Waals surface area contributed by atoms with Crippen LogP contribution in [-0.2, 0) is 0 Å². The van der Waals surface area contributed by atoms with Crippen LogP contribution in [0.1, 0.15) is 48.0 Å². The second-order valence-corrected chi connectivity index (χ2v) is 5.20. The summed E-state index contributed by atoms with van der Waals surface area (Å²) in [6.07, 6.45) is 5.79. The van der Waals surface area contributed by atoms with E-state index in [9.17, 15) is 4.79 Å². The number of hydrogen-bond donors (Lipinski definition) is 1. The molecule has 16 heavy (non-hydrogen) atoms. The number of Topliss-reactive ketones (excluding diaryl/α,β-unsaturated/α-hetero) is 1. The van der Waals surface area contributed by atoms with E-state index in [0.717, 1.165) is 28.9 Å². The molecule has 0 bridgehead atoms. The molecule has 0 amide bonds. The average Bonchev–Trinajstić information content (AvgIpc) is 2.29. The summed E-state index contributed by atoms with van der Waals surface area (Å²) in [6.45, 7) is 2.02. The first-order chi connectivity index (χ1) is 7.68. The molecule has 2 heteroatoms. The Balaban J connectivity index is 2.19. The molecule has 0 aliphatic heterocycles. The number of ketones is 1. The van der Waals surface area contributed by atoms with Gasteiger partial charge in [0, 0.05) is 16.4 Å². The second-order valence-electron chi connectivity index (χ2n) is 4.72. The van der Waals surface area contributed by atoms with E-state index in [1.54, 1.807) is 0 Å². The van der Waals surface area contributed by atoms with Crippen LogP contribution in [0, 0.1) is 12.8 Å². The summed E-state index contributed by atoms with van der Waals surface area (Å²) in [7, 11) is 0. The van der Waals surface area contributed by atoms with Crippen molar-refractivity contribution in [3.05, 3.63) is 29.3 Å². The number of rotatable bonds is 2. The first-order valence-corrected chi connectivity index (χ1v) is 6.47. The molecule has 0 heterocycles. The van der Waals surface area contributed by atoms with E-state index in [4.69, 9.17) is 0 Å². The molecule has 0 N–H and O–H groups in total. The monoisotopic (exact) mass is 234 g/mol. The smallest absolute Gasteiger partial charge is 0.167 e. The Hall–Kier alpha value is -0.760. The molecule has 0 aromatic heterocycles. The van der Waals surface area contributed by atoms with Gasteiger partial charge in [0.2, 0.25) is 0 Å². The van der Waals surface area contributed by atoms with Crippen molar-refractivity contribution in [2.24, 2.45) is 5.92 Å². The molecule has 0 saturated heterocycles. The Morgan fingerprint density at radius 3 is 2.56 bits per heavy atom. The summed E-state index contributed by atoms with van der Waals surface area (Å²) in [4.78, 5) is 13.1. The zero-order chi connectivity index (χ0) is 11.5. The van der Waals surface area contributed by atoms with Gasteiger partial charge >= 0.3 is 0 Å². The first-order valence-electron chi connectivity index (χ1n) is 6.02. The van der Waals surface area contributed by atoms with Gasteiger partial charge in [0.05, 0.1) is 0 Å². The van der Waals surface area contributed by atoms with Crippen LogP contribution < -0.4 is 0 Å². The Morgan fingerprint density at radius 1 is 1.25 bits per heavy atom. The lowest BCUT2D eigenvalue weighted by atomic mass is 9.84. The van der Waals surface area contributed by atoms with Crippen LogP contribution >= 0.6 is 12.6 Å². The van der Waals surface area contributed by atoms with Gasteiger partial charge in [-0.25, -0.2) is 0 Å². The standard InChI is InChI=1S/C14H18OS/c1-10-7-8-12(13(16)9-10)14(15)11-5-3-2-4-6-11/h7-9,11,16H,2-6H2,1H3. The van der Waals surface area contributed by atoms with Gasteiger partial charge < -0.3 is 0 Å². The van der Waals surface area contributed by atoms with Crippen molar-refractivity contribution in [3.63, 3.8) is 0 Å². The van der Waals surface area contributed by atoms with Crippen LogP contribution in [0.2, 0.25) is 0 Å². The fourth-order valence-corrected chi connectivity index (χ4v) is 2.82. The predicted molar refractivity (Wildman–Crippen MR) is 69.3 cm³/mol. The van der Waals surface area contributed by atoms with Crippen LogP contribution in [0.5, 0.6) is 0 Å². The summed E-state index contributed by atoms with van der Waals surface area (Å²) in [5, 5.41) is 0. The molecule has 1 fully saturated rings. The minimum absolute atomic E-state index is 0.238. The van der Waals surface area contributed by atoms with Crippen molar-refractivity contribution in [1.82, 2.24) is 0 Å². The van der Waals surface area contributed by atoms with E-state index < -0.39 is 0 Å². The maximum Gasteiger partial charge on any atom is 0.167 e. The fraction of sp³-hybridized carbons (Fsp3) is 0.500. The van der Waals surface area contributed by atoms with Gasteiger partial charge in [0.25, 0.3) is 0 Å². The molecule has 0 unspecified atom stereocenters. The third kappa shape index (κ3) is 2.49. The van der Waals surface area contributed by atoms with Crippen molar-refractivity contribution >= 4 is 18.4 Å². The molecule has 86 valence electrons. The van der Waals surface area contributed by atoms with Gasteiger partial charge in [-0.05, 0) is 31.4 Å². The van der Waals surface area contributed by atoms with Gasteiger partial charge in [-0.15, -0.1) is 12.6 Å². The molecule has 1 aliphatic carbocycles. The molecule has 1 aliphatic rings. The minimum Gasteiger partial charge on any atom is -0.294 e. The average molecular weight is 234 g/mol. The Kier molecular flexibility index (Phi) is 3.70. The third-order valence-electron chi connectivity index (χ3n) is 3.39. The lowest BCUT2D eigenvalue weighted by Crippen LogP contribution is -2.18. The van der Waals surface area contributed by atoms with Gasteiger partial charge in [0.1, 0.15) is 0 Å². The van der Waals surface area contributed by atoms with Gasteiger partial charge in [-0.1, -0.05) is 31.4 Å². The number of thiol groups is 1. The summed E-state index contributed by atoms with van der Waals surface area (Å²) in [5.41, 5.74) is 1.96. The molecular formula is C14H18OS. The highest BCUT2D eigenvalue weighted by Gasteiger charge is 2.23. The summed E-state index contributed by atoms with van der Waals surface area (Å²) >= 11 is 4.41. The highest BCUT2D eigenvalue weighted by molar-refractivity contribution is 7.80. The highest BCUT2D eigenvalue weighted by Crippen LogP contribution is 2.29. The van der Waals surface area contributed by atoms with Gasteiger partial charge in [0.15, 0.2) is 5.78 Å². The second kappa shape index (κ2) is 5.05. The summed E-state index contributed by atoms with van der Waals surface area (Å²) in [5.74, 6) is 0.534. The molecule has 0 atom stereocenters. The minimum atomic E-state index is 0.238. The summed E-state index contributed by atoms with van der Waals surface area (Å²) in [6, 6.07) is 5.89. The van der Waals surface area contributed by atoms with Crippen LogP contribution in [0.25, 0.3) is 0 Å². The van der Waals surface area contributed by atoms with Crippen molar-refractivity contribution in [1.29, 1.82) is 0 Å². The number of carbonyl (C=O) groups excluding carboxylic acids is 1. The normalized spacial score (nSPS) is 17.4. The third-order valence-corrected chi connectivity index (χ3v) is 3.76. The molecule has 0 spiro atoms. The van der Waals surface area contributed by atoms with E-state index in [2.05, 4.69) is 12.6 Å². The molecular weight excluding hydrogens is 216 g/mol. The SMILES string of the molecule is Cc1ccc(C(=O)C2CCCCC2)c(S)c1. The van der Waals surface area contributed by atoms with E-state index >= 15 is 0 Å². The lowest BCUT2D eigenvalue weighted by molar-refractivity contribution is 0.0886. The summed E-state index contributed by atoms with van der Waals surface area (Å²) < 4.78 is 0. The largest absolute Gasteiger partial charge is 0.294 e. The van der Waals surface area contributed by atoms with Crippen LogP contribution in [-0.4, -0.2) is 5.78 Å². The van der Waals surface area contributed by atoms with E-state index in [1.807, 2.05) is 25.1 Å². The molecule has 1 aromatic carbocycles. The predicted octanol–water partition coefficient (Wildman–Crippen LogP) is 4.05. The number of benzene rings is 1. The molecule has 0 radical (unpaired) electrons. The van der Waals surface area contributed by atoms with E-state index in [-0.39, 0.29) is 5.92 Å². The topological polar surface area (TPSA) is 17.1 Å². The number of hydrogen-bond acceptors (Lipinski definition) is 2. The van der Waals surface area contributed by atoms with Crippen LogP contribution in [0.4, 0.5) is 0 Å². The maximum atomic E-state index is 12.3. The Morgan fingerprint density at radius 2 is 1.94 bits per heavy atom. The Bertz CT molecular complexity index is 392. The van der Waals surface area contributed by atoms with Gasteiger partial charge in [-0.3, -0.25) is 4.79 Å². The molecule has 2 rings (SSSR count). The highest BCUT2D eigenvalue weighted by atomic mass is 32.1. The zero-order valence-electron chi connectivity index (χ0n) is 9.70. The number of aryl methyl sites for hydroxylation is 1. The number of carbonyl (C=O) groups is 1. The van der Waals surface area contributed by atoms with Gasteiger partial charge in [-0.2, -0.15) is 0 Å².